The lowest BCUT2D eigenvalue weighted by atomic mass is 9.82. The minimum absolute atomic E-state index is 0.428. The Kier molecular flexibility index (Phi) is 6.32. The molecule has 2 atom stereocenters. The van der Waals surface area contributed by atoms with Crippen molar-refractivity contribution in [3.8, 4) is 5.75 Å². The number of hydrogen-bond donors (Lipinski definition) is 1. The fraction of sp³-hybridized carbons (Fsp3) is 0.625. The van der Waals surface area contributed by atoms with Gasteiger partial charge in [0.1, 0.15) is 5.75 Å². The Hall–Kier alpha value is -1.06. The molecule has 2 N–H and O–H groups in total. The molecule has 2 unspecified atom stereocenters. The van der Waals surface area contributed by atoms with Crippen molar-refractivity contribution >= 4 is 0 Å². The fourth-order valence-electron chi connectivity index (χ4n) is 2.31. The summed E-state index contributed by atoms with van der Waals surface area (Å²) in [6.07, 6.45) is 0.780. The zero-order valence-electron chi connectivity index (χ0n) is 12.7. The van der Waals surface area contributed by atoms with Gasteiger partial charge in [-0.3, -0.25) is 4.84 Å². The highest BCUT2D eigenvalue weighted by molar-refractivity contribution is 5.29. The van der Waals surface area contributed by atoms with Gasteiger partial charge in [0.2, 0.25) is 6.29 Å². The van der Waals surface area contributed by atoms with Crippen molar-refractivity contribution in [2.24, 2.45) is 17.7 Å². The highest BCUT2D eigenvalue weighted by Crippen LogP contribution is 2.31. The number of ether oxygens (including phenoxy) is 1. The van der Waals surface area contributed by atoms with Crippen LogP contribution in [0.1, 0.15) is 52.5 Å². The molecule has 19 heavy (non-hydrogen) atoms. The van der Waals surface area contributed by atoms with Crippen LogP contribution in [0.3, 0.4) is 0 Å². The van der Waals surface area contributed by atoms with Crippen LogP contribution in [0, 0.1) is 11.8 Å². The molecule has 108 valence electrons. The van der Waals surface area contributed by atoms with E-state index in [1.165, 1.54) is 12.0 Å². The molecule has 0 spiro atoms. The van der Waals surface area contributed by atoms with Crippen LogP contribution in [0.15, 0.2) is 24.3 Å². The number of hydrogen-bond acceptors (Lipinski definition) is 3. The van der Waals surface area contributed by atoms with Crippen LogP contribution in [-0.2, 0) is 4.84 Å². The molecule has 0 saturated carbocycles. The monoisotopic (exact) mass is 265 g/mol. The molecule has 1 rings (SSSR count). The highest BCUT2D eigenvalue weighted by Gasteiger charge is 2.17. The summed E-state index contributed by atoms with van der Waals surface area (Å²) in [6, 6.07) is 8.26. The van der Waals surface area contributed by atoms with Gasteiger partial charge in [0.25, 0.3) is 0 Å². The molecule has 0 heterocycles. The molecular formula is C16H27NO2. The van der Waals surface area contributed by atoms with Gasteiger partial charge in [-0.1, -0.05) is 39.8 Å². The van der Waals surface area contributed by atoms with E-state index in [-0.39, 0.29) is 0 Å². The maximum absolute atomic E-state index is 5.49. The molecule has 3 heteroatoms. The zero-order chi connectivity index (χ0) is 14.4. The third-order valence-electron chi connectivity index (χ3n) is 3.33. The fourth-order valence-corrected chi connectivity index (χ4v) is 2.31. The Labute approximate surface area is 117 Å². The first-order chi connectivity index (χ1) is 8.93. The lowest BCUT2D eigenvalue weighted by molar-refractivity contribution is -0.0688. The summed E-state index contributed by atoms with van der Waals surface area (Å²) >= 11 is 0. The molecule has 0 saturated heterocycles. The van der Waals surface area contributed by atoms with E-state index in [9.17, 15) is 0 Å². The zero-order valence-corrected chi connectivity index (χ0v) is 12.7. The SMILES string of the molecule is CC(C)CC(c1ccc(OC(C)ON)cc1)C(C)C. The molecule has 1 aromatic carbocycles. The van der Waals surface area contributed by atoms with Crippen molar-refractivity contribution in [3.63, 3.8) is 0 Å². The van der Waals surface area contributed by atoms with E-state index in [0.717, 1.165) is 5.75 Å². The predicted octanol–water partition coefficient (Wildman–Crippen LogP) is 4.09. The first-order valence-corrected chi connectivity index (χ1v) is 7.06. The average Bonchev–Trinajstić information content (AvgIpc) is 2.36. The number of rotatable bonds is 7. The van der Waals surface area contributed by atoms with Crippen LogP contribution in [0.5, 0.6) is 5.75 Å². The van der Waals surface area contributed by atoms with Crippen LogP contribution in [-0.4, -0.2) is 6.29 Å². The molecule has 0 aromatic heterocycles. The van der Waals surface area contributed by atoms with Gasteiger partial charge in [-0.15, -0.1) is 0 Å². The average molecular weight is 265 g/mol. The normalized spacial score (nSPS) is 14.7. The molecule has 0 bridgehead atoms. The second-order valence-corrected chi connectivity index (χ2v) is 5.87. The maximum Gasteiger partial charge on any atom is 0.214 e. The third-order valence-corrected chi connectivity index (χ3v) is 3.33. The summed E-state index contributed by atoms with van der Waals surface area (Å²) in [6.45, 7) is 10.9. The third kappa shape index (κ3) is 5.21. The molecule has 0 aliphatic rings. The van der Waals surface area contributed by atoms with Gasteiger partial charge in [-0.2, -0.15) is 0 Å². The molecule has 0 fully saturated rings. The van der Waals surface area contributed by atoms with E-state index in [2.05, 4.69) is 44.7 Å². The minimum Gasteiger partial charge on any atom is -0.464 e. The summed E-state index contributed by atoms with van der Waals surface area (Å²) in [5, 5.41) is 0. The lowest BCUT2D eigenvalue weighted by Crippen LogP contribution is -2.19. The summed E-state index contributed by atoms with van der Waals surface area (Å²) in [5.74, 6) is 7.79. The topological polar surface area (TPSA) is 44.5 Å². The Morgan fingerprint density at radius 2 is 1.58 bits per heavy atom. The van der Waals surface area contributed by atoms with Crippen molar-refractivity contribution in [2.75, 3.05) is 0 Å². The van der Waals surface area contributed by atoms with Gasteiger partial charge in [0.05, 0.1) is 0 Å². The Morgan fingerprint density at radius 3 is 2.00 bits per heavy atom. The van der Waals surface area contributed by atoms with Crippen LogP contribution in [0.4, 0.5) is 0 Å². The van der Waals surface area contributed by atoms with E-state index in [1.807, 2.05) is 12.1 Å². The summed E-state index contributed by atoms with van der Waals surface area (Å²) < 4.78 is 5.49. The van der Waals surface area contributed by atoms with Crippen LogP contribution in [0.2, 0.25) is 0 Å². The van der Waals surface area contributed by atoms with E-state index < -0.39 is 6.29 Å². The maximum atomic E-state index is 5.49. The summed E-state index contributed by atoms with van der Waals surface area (Å²) in [5.41, 5.74) is 1.37. The molecule has 0 aliphatic carbocycles. The first kappa shape index (κ1) is 16.0. The van der Waals surface area contributed by atoms with Crippen molar-refractivity contribution < 1.29 is 9.57 Å². The molecular weight excluding hydrogens is 238 g/mol. The lowest BCUT2D eigenvalue weighted by Gasteiger charge is -2.23. The minimum atomic E-state index is -0.428. The van der Waals surface area contributed by atoms with Gasteiger partial charge >= 0.3 is 0 Å². The second-order valence-electron chi connectivity index (χ2n) is 5.87. The quantitative estimate of drug-likeness (QED) is 0.596. The van der Waals surface area contributed by atoms with Gasteiger partial charge < -0.3 is 4.74 Å². The van der Waals surface area contributed by atoms with Crippen molar-refractivity contribution in [3.05, 3.63) is 29.8 Å². The Balaban J connectivity index is 2.77. The van der Waals surface area contributed by atoms with Gasteiger partial charge in [-0.25, -0.2) is 5.90 Å². The van der Waals surface area contributed by atoms with Crippen LogP contribution >= 0.6 is 0 Å². The highest BCUT2D eigenvalue weighted by atomic mass is 16.7. The van der Waals surface area contributed by atoms with E-state index in [0.29, 0.717) is 17.8 Å². The standard InChI is InChI=1S/C16H27NO2/c1-11(2)10-16(12(3)4)14-6-8-15(9-7-14)18-13(5)19-17/h6-9,11-13,16H,10,17H2,1-5H3. The summed E-state index contributed by atoms with van der Waals surface area (Å²) in [7, 11) is 0. The Morgan fingerprint density at radius 1 is 1.00 bits per heavy atom. The molecule has 3 nitrogen and oxygen atoms in total. The van der Waals surface area contributed by atoms with Gasteiger partial charge in [-0.05, 0) is 48.8 Å². The van der Waals surface area contributed by atoms with Crippen LogP contribution < -0.4 is 10.6 Å². The molecule has 0 aliphatic heterocycles. The number of nitrogens with two attached hydrogens (primary N) is 1. The summed E-state index contributed by atoms with van der Waals surface area (Å²) in [4.78, 5) is 4.60. The van der Waals surface area contributed by atoms with Gasteiger partial charge in [0.15, 0.2) is 0 Å². The molecule has 0 amide bonds. The smallest absolute Gasteiger partial charge is 0.214 e. The van der Waals surface area contributed by atoms with E-state index >= 15 is 0 Å². The van der Waals surface area contributed by atoms with E-state index in [4.69, 9.17) is 10.6 Å². The van der Waals surface area contributed by atoms with Crippen LogP contribution in [0.25, 0.3) is 0 Å². The molecule has 0 radical (unpaired) electrons. The van der Waals surface area contributed by atoms with Crippen molar-refractivity contribution in [2.45, 2.75) is 53.2 Å². The second kappa shape index (κ2) is 7.51. The van der Waals surface area contributed by atoms with Crippen molar-refractivity contribution in [1.29, 1.82) is 0 Å². The van der Waals surface area contributed by atoms with Crippen molar-refractivity contribution in [1.82, 2.24) is 0 Å². The molecule has 1 aromatic rings. The first-order valence-electron chi connectivity index (χ1n) is 7.06. The predicted molar refractivity (Wildman–Crippen MR) is 78.8 cm³/mol. The number of benzene rings is 1. The Bertz CT molecular complexity index is 360. The largest absolute Gasteiger partial charge is 0.464 e. The van der Waals surface area contributed by atoms with E-state index in [1.54, 1.807) is 6.92 Å². The van der Waals surface area contributed by atoms with Gasteiger partial charge in [0, 0.05) is 0 Å².